The number of pyridine rings is 1. The molecule has 0 spiro atoms. The molecule has 5 rings (SSSR count). The summed E-state index contributed by atoms with van der Waals surface area (Å²) in [6.07, 6.45) is 4.43. The van der Waals surface area contributed by atoms with Gasteiger partial charge in [0.25, 0.3) is 11.5 Å². The van der Waals surface area contributed by atoms with E-state index in [2.05, 4.69) is 32.1 Å². The number of ether oxygens (including phenoxy) is 1. The standard InChI is InChI=1S/C29H22F2N6O3/c1-36(2)13-3-5-18-16-32-26-25(18)28(34-17-33-26)40-24-12-9-20(15-23(24)31)35-27(38)22-6-4-14-37(29(22)39)21-10-7-19(30)8-11-21/h4,6-12,14-17H,13H2,1-2H3,(H,35,38)(H,32,33,34). The lowest BCUT2D eigenvalue weighted by atomic mass is 10.2. The normalized spacial score (nSPS) is 10.8. The Kier molecular flexibility index (Phi) is 7.35. The Morgan fingerprint density at radius 1 is 1.12 bits per heavy atom. The van der Waals surface area contributed by atoms with Gasteiger partial charge in [-0.05, 0) is 62.6 Å². The molecular formula is C29H22F2N6O3. The molecule has 2 N–H and O–H groups in total. The van der Waals surface area contributed by atoms with Crippen LogP contribution in [0.4, 0.5) is 14.5 Å². The first-order chi connectivity index (χ1) is 19.3. The van der Waals surface area contributed by atoms with Gasteiger partial charge in [0.15, 0.2) is 11.6 Å². The van der Waals surface area contributed by atoms with E-state index in [1.165, 1.54) is 65.6 Å². The van der Waals surface area contributed by atoms with E-state index in [0.29, 0.717) is 28.8 Å². The number of anilines is 1. The third-order valence-corrected chi connectivity index (χ3v) is 5.75. The number of amides is 1. The van der Waals surface area contributed by atoms with Crippen LogP contribution >= 0.6 is 0 Å². The van der Waals surface area contributed by atoms with Gasteiger partial charge in [0.1, 0.15) is 23.4 Å². The van der Waals surface area contributed by atoms with Crippen LogP contribution in [0.5, 0.6) is 11.6 Å². The topological polar surface area (TPSA) is 105 Å². The summed E-state index contributed by atoms with van der Waals surface area (Å²) in [5, 5.41) is 3.03. The quantitative estimate of drug-likeness (QED) is 0.311. The van der Waals surface area contributed by atoms with Gasteiger partial charge in [-0.15, -0.1) is 0 Å². The number of H-pyrrole nitrogens is 1. The highest BCUT2D eigenvalue weighted by atomic mass is 19.1. The van der Waals surface area contributed by atoms with Gasteiger partial charge in [-0.2, -0.15) is 0 Å². The van der Waals surface area contributed by atoms with Crippen molar-refractivity contribution in [3.63, 3.8) is 0 Å². The van der Waals surface area contributed by atoms with Crippen molar-refractivity contribution in [3.05, 3.63) is 106 Å². The Morgan fingerprint density at radius 3 is 2.67 bits per heavy atom. The summed E-state index contributed by atoms with van der Waals surface area (Å²) in [5.74, 6) is 4.09. The fraction of sp³-hybridized carbons (Fsp3) is 0.103. The van der Waals surface area contributed by atoms with Crippen molar-refractivity contribution in [2.24, 2.45) is 0 Å². The van der Waals surface area contributed by atoms with Crippen molar-refractivity contribution in [3.8, 4) is 29.2 Å². The summed E-state index contributed by atoms with van der Waals surface area (Å²) < 4.78 is 35.3. The largest absolute Gasteiger partial charge is 0.435 e. The zero-order chi connectivity index (χ0) is 28.2. The highest BCUT2D eigenvalue weighted by Crippen LogP contribution is 2.31. The molecule has 0 aliphatic heterocycles. The van der Waals surface area contributed by atoms with Gasteiger partial charge in [-0.1, -0.05) is 11.8 Å². The molecule has 3 heterocycles. The molecule has 3 aromatic heterocycles. The van der Waals surface area contributed by atoms with Crippen molar-refractivity contribution < 1.29 is 18.3 Å². The number of benzene rings is 2. The van der Waals surface area contributed by atoms with Crippen molar-refractivity contribution in [1.29, 1.82) is 0 Å². The zero-order valence-corrected chi connectivity index (χ0v) is 21.4. The summed E-state index contributed by atoms with van der Waals surface area (Å²) in [7, 11) is 3.81. The number of nitrogens with zero attached hydrogens (tertiary/aromatic N) is 4. The van der Waals surface area contributed by atoms with Gasteiger partial charge in [0.2, 0.25) is 5.88 Å². The molecule has 0 saturated carbocycles. The van der Waals surface area contributed by atoms with E-state index in [1.54, 1.807) is 6.20 Å². The lowest BCUT2D eigenvalue weighted by Crippen LogP contribution is -2.27. The number of aromatic nitrogens is 4. The SMILES string of the molecule is CN(C)CC#Cc1c[nH]c2ncnc(Oc3ccc(NC(=O)c4cccn(-c5ccc(F)cc5)c4=O)cc3F)c12. The molecule has 0 fully saturated rings. The first-order valence-electron chi connectivity index (χ1n) is 12.0. The molecule has 1 amide bonds. The Morgan fingerprint density at radius 2 is 1.93 bits per heavy atom. The van der Waals surface area contributed by atoms with Crippen LogP contribution < -0.4 is 15.6 Å². The fourth-order valence-electron chi connectivity index (χ4n) is 3.84. The van der Waals surface area contributed by atoms with Gasteiger partial charge in [-0.3, -0.25) is 19.1 Å². The number of nitrogens with one attached hydrogen (secondary N) is 2. The fourth-order valence-corrected chi connectivity index (χ4v) is 3.84. The summed E-state index contributed by atoms with van der Waals surface area (Å²) in [6.45, 7) is 0.543. The summed E-state index contributed by atoms with van der Waals surface area (Å²) >= 11 is 0. The van der Waals surface area contributed by atoms with Crippen LogP contribution in [0, 0.1) is 23.5 Å². The molecule has 200 valence electrons. The van der Waals surface area contributed by atoms with Crippen molar-refractivity contribution in [1.82, 2.24) is 24.4 Å². The number of hydrogen-bond acceptors (Lipinski definition) is 6. The smallest absolute Gasteiger partial charge is 0.267 e. The maximum atomic E-state index is 15.0. The van der Waals surface area contributed by atoms with E-state index in [-0.39, 0.29) is 22.9 Å². The van der Waals surface area contributed by atoms with Gasteiger partial charge in [0, 0.05) is 29.8 Å². The minimum Gasteiger partial charge on any atom is -0.435 e. The molecule has 5 aromatic rings. The minimum absolute atomic E-state index is 0.108. The van der Waals surface area contributed by atoms with Crippen LogP contribution in [0.25, 0.3) is 16.7 Å². The lowest BCUT2D eigenvalue weighted by Gasteiger charge is -2.11. The number of fused-ring (bicyclic) bond motifs is 1. The van der Waals surface area contributed by atoms with Crippen LogP contribution in [-0.4, -0.2) is 51.0 Å². The van der Waals surface area contributed by atoms with Gasteiger partial charge in [-0.25, -0.2) is 18.7 Å². The number of halogens is 2. The highest BCUT2D eigenvalue weighted by molar-refractivity contribution is 6.04. The van der Waals surface area contributed by atoms with Crippen molar-refractivity contribution >= 4 is 22.6 Å². The molecule has 0 bridgehead atoms. The second-order valence-corrected chi connectivity index (χ2v) is 8.92. The molecular weight excluding hydrogens is 518 g/mol. The maximum absolute atomic E-state index is 15.0. The molecule has 0 saturated heterocycles. The van der Waals surface area contributed by atoms with Crippen molar-refractivity contribution in [2.45, 2.75) is 0 Å². The van der Waals surface area contributed by atoms with E-state index >= 15 is 4.39 Å². The molecule has 0 aliphatic rings. The van der Waals surface area contributed by atoms with Gasteiger partial charge >= 0.3 is 0 Å². The van der Waals surface area contributed by atoms with E-state index < -0.39 is 23.1 Å². The van der Waals surface area contributed by atoms with E-state index in [9.17, 15) is 14.0 Å². The molecule has 0 atom stereocenters. The molecule has 9 nitrogen and oxygen atoms in total. The third kappa shape index (κ3) is 5.57. The van der Waals surface area contributed by atoms with Crippen LogP contribution in [0.3, 0.4) is 0 Å². The maximum Gasteiger partial charge on any atom is 0.267 e. The molecule has 2 aromatic carbocycles. The van der Waals surface area contributed by atoms with Crippen LogP contribution in [0.2, 0.25) is 0 Å². The van der Waals surface area contributed by atoms with E-state index in [4.69, 9.17) is 4.74 Å². The summed E-state index contributed by atoms with van der Waals surface area (Å²) in [4.78, 5) is 39.0. The monoisotopic (exact) mass is 540 g/mol. The average Bonchev–Trinajstić information content (AvgIpc) is 3.34. The number of carbonyl (C=O) groups excluding carboxylic acids is 1. The summed E-state index contributed by atoms with van der Waals surface area (Å²) in [6, 6.07) is 12.0. The third-order valence-electron chi connectivity index (χ3n) is 5.75. The Balaban J connectivity index is 1.36. The van der Waals surface area contributed by atoms with E-state index in [0.717, 1.165) is 6.07 Å². The van der Waals surface area contributed by atoms with Gasteiger partial charge < -0.3 is 15.0 Å². The minimum atomic E-state index is -0.767. The van der Waals surface area contributed by atoms with Crippen LogP contribution in [0.1, 0.15) is 15.9 Å². The molecule has 40 heavy (non-hydrogen) atoms. The zero-order valence-electron chi connectivity index (χ0n) is 21.4. The highest BCUT2D eigenvalue weighted by Gasteiger charge is 2.17. The Hall–Kier alpha value is -5.34. The Bertz CT molecular complexity index is 1840. The second kappa shape index (κ2) is 11.2. The van der Waals surface area contributed by atoms with E-state index in [1.807, 2.05) is 19.0 Å². The lowest BCUT2D eigenvalue weighted by molar-refractivity contribution is 0.102. The first-order valence-corrected chi connectivity index (χ1v) is 12.0. The van der Waals surface area contributed by atoms with Crippen molar-refractivity contribution in [2.75, 3.05) is 26.0 Å². The summed E-state index contributed by atoms with van der Waals surface area (Å²) in [5.41, 5.74) is 0.795. The molecule has 0 radical (unpaired) electrons. The molecule has 0 aliphatic carbocycles. The number of hydrogen-bond donors (Lipinski definition) is 2. The predicted molar refractivity (Wildman–Crippen MR) is 146 cm³/mol. The Labute approximate surface area is 227 Å². The van der Waals surface area contributed by atoms with Gasteiger partial charge in [0.05, 0.1) is 17.5 Å². The molecule has 0 unspecified atom stereocenters. The number of carbonyl (C=O) groups is 1. The molecule has 11 heteroatoms. The second-order valence-electron chi connectivity index (χ2n) is 8.92. The first kappa shape index (κ1) is 26.3. The van der Waals surface area contributed by atoms with Crippen LogP contribution in [0.15, 0.2) is 78.1 Å². The average molecular weight is 541 g/mol. The number of aromatic amines is 1. The van der Waals surface area contributed by atoms with Crippen LogP contribution in [-0.2, 0) is 0 Å². The predicted octanol–water partition coefficient (Wildman–Crippen LogP) is 4.34. The number of rotatable bonds is 6.